The van der Waals surface area contributed by atoms with Gasteiger partial charge in [-0.1, -0.05) is 0 Å². The van der Waals surface area contributed by atoms with E-state index in [4.69, 9.17) is 14.7 Å². The fraction of sp³-hybridized carbons (Fsp3) is 0.500. The van der Waals surface area contributed by atoms with E-state index in [0.717, 1.165) is 0 Å². The summed E-state index contributed by atoms with van der Waals surface area (Å²) in [6, 6.07) is 7.56. The second-order valence-electron chi connectivity index (χ2n) is 4.62. The zero-order valence-electron chi connectivity index (χ0n) is 10.9. The Labute approximate surface area is 112 Å². The molecular formula is C14H18N2O3. The van der Waals surface area contributed by atoms with Gasteiger partial charge in [0, 0.05) is 18.7 Å². The molecule has 1 fully saturated rings. The van der Waals surface area contributed by atoms with E-state index in [9.17, 15) is 5.11 Å². The molecule has 0 spiro atoms. The van der Waals surface area contributed by atoms with E-state index in [1.807, 2.05) is 6.07 Å². The summed E-state index contributed by atoms with van der Waals surface area (Å²) in [6.07, 6.45) is 1.83. The Hall–Kier alpha value is -1.77. The lowest BCUT2D eigenvalue weighted by molar-refractivity contribution is 0.104. The fourth-order valence-corrected chi connectivity index (χ4v) is 1.69. The van der Waals surface area contributed by atoms with Crippen LogP contribution in [0, 0.1) is 11.3 Å². The van der Waals surface area contributed by atoms with Gasteiger partial charge >= 0.3 is 0 Å². The van der Waals surface area contributed by atoms with Gasteiger partial charge in [0.2, 0.25) is 0 Å². The minimum absolute atomic E-state index is 0.196. The third kappa shape index (κ3) is 4.12. The van der Waals surface area contributed by atoms with Crippen molar-refractivity contribution in [3.63, 3.8) is 0 Å². The highest BCUT2D eigenvalue weighted by Crippen LogP contribution is 2.27. The van der Waals surface area contributed by atoms with Gasteiger partial charge in [0.1, 0.15) is 12.7 Å². The lowest BCUT2D eigenvalue weighted by Crippen LogP contribution is -2.32. The molecule has 1 aromatic carbocycles. The molecule has 2 N–H and O–H groups in total. The van der Waals surface area contributed by atoms with Crippen LogP contribution in [-0.4, -0.2) is 37.5 Å². The molecule has 1 aromatic rings. The highest BCUT2D eigenvalue weighted by Gasteiger charge is 2.21. The number of nitriles is 1. The predicted molar refractivity (Wildman–Crippen MR) is 70.2 cm³/mol. The topological polar surface area (TPSA) is 74.5 Å². The number of aliphatic hydroxyl groups is 1. The average Bonchev–Trinajstić information content (AvgIpc) is 3.26. The number of nitrogens with zero attached hydrogens (tertiary/aromatic N) is 1. The van der Waals surface area contributed by atoms with E-state index in [0.29, 0.717) is 29.6 Å². The minimum Gasteiger partial charge on any atom is -0.493 e. The normalized spacial score (nSPS) is 15.6. The summed E-state index contributed by atoms with van der Waals surface area (Å²) >= 11 is 0. The molecule has 0 amide bonds. The van der Waals surface area contributed by atoms with E-state index >= 15 is 0 Å². The van der Waals surface area contributed by atoms with Crippen LogP contribution in [0.1, 0.15) is 18.4 Å². The molecule has 1 atom stereocenters. The second-order valence-corrected chi connectivity index (χ2v) is 4.62. The van der Waals surface area contributed by atoms with Crippen LogP contribution in [0.4, 0.5) is 0 Å². The molecular weight excluding hydrogens is 244 g/mol. The number of hydrogen-bond donors (Lipinski definition) is 2. The Kier molecular flexibility index (Phi) is 4.61. The third-order valence-corrected chi connectivity index (χ3v) is 2.94. The van der Waals surface area contributed by atoms with E-state index in [2.05, 4.69) is 5.32 Å². The van der Waals surface area contributed by atoms with Crippen molar-refractivity contribution in [2.75, 3.05) is 20.3 Å². The first-order valence-electron chi connectivity index (χ1n) is 6.35. The highest BCUT2D eigenvalue weighted by molar-refractivity contribution is 5.46. The van der Waals surface area contributed by atoms with Gasteiger partial charge in [-0.05, 0) is 25.0 Å². The molecule has 102 valence electrons. The number of benzene rings is 1. The molecule has 0 radical (unpaired) electrons. The second kappa shape index (κ2) is 6.41. The maximum absolute atomic E-state index is 9.77. The van der Waals surface area contributed by atoms with Crippen LogP contribution < -0.4 is 14.8 Å². The number of hydrogen-bond acceptors (Lipinski definition) is 5. The van der Waals surface area contributed by atoms with Crippen molar-refractivity contribution in [2.45, 2.75) is 25.0 Å². The molecule has 5 nitrogen and oxygen atoms in total. The summed E-state index contributed by atoms with van der Waals surface area (Å²) in [6.45, 7) is 0.727. The van der Waals surface area contributed by atoms with Crippen molar-refractivity contribution in [3.05, 3.63) is 23.8 Å². The van der Waals surface area contributed by atoms with Gasteiger partial charge in [0.05, 0.1) is 18.7 Å². The smallest absolute Gasteiger partial charge is 0.162 e. The molecule has 19 heavy (non-hydrogen) atoms. The fourth-order valence-electron chi connectivity index (χ4n) is 1.69. The molecule has 2 rings (SSSR count). The first-order valence-corrected chi connectivity index (χ1v) is 6.35. The lowest BCUT2D eigenvalue weighted by Gasteiger charge is -2.15. The molecule has 1 aliphatic carbocycles. The molecule has 0 aliphatic heterocycles. The first-order chi connectivity index (χ1) is 9.22. The minimum atomic E-state index is -0.555. The SMILES string of the molecule is COc1cc(C#N)ccc1OCC(O)CNC1CC1. The molecule has 1 saturated carbocycles. The van der Waals surface area contributed by atoms with Crippen LogP contribution in [0.25, 0.3) is 0 Å². The van der Waals surface area contributed by atoms with Crippen LogP contribution in [-0.2, 0) is 0 Å². The van der Waals surface area contributed by atoms with Gasteiger partial charge in [0.25, 0.3) is 0 Å². The zero-order valence-corrected chi connectivity index (χ0v) is 10.9. The van der Waals surface area contributed by atoms with Crippen molar-refractivity contribution in [3.8, 4) is 17.6 Å². The first kappa shape index (κ1) is 13.7. The van der Waals surface area contributed by atoms with Crippen LogP contribution in [0.2, 0.25) is 0 Å². The molecule has 0 bridgehead atoms. The van der Waals surface area contributed by atoms with Gasteiger partial charge in [-0.2, -0.15) is 5.26 Å². The van der Waals surface area contributed by atoms with Crippen LogP contribution in [0.15, 0.2) is 18.2 Å². The molecule has 0 heterocycles. The monoisotopic (exact) mass is 262 g/mol. The number of ether oxygens (including phenoxy) is 2. The van der Waals surface area contributed by atoms with Crippen molar-refractivity contribution < 1.29 is 14.6 Å². The van der Waals surface area contributed by atoms with E-state index < -0.39 is 6.10 Å². The van der Waals surface area contributed by atoms with Crippen LogP contribution in [0.3, 0.4) is 0 Å². The summed E-state index contributed by atoms with van der Waals surface area (Å²) in [5, 5.41) is 21.8. The van der Waals surface area contributed by atoms with E-state index in [1.165, 1.54) is 20.0 Å². The van der Waals surface area contributed by atoms with Crippen LogP contribution in [0.5, 0.6) is 11.5 Å². The van der Waals surface area contributed by atoms with E-state index in [1.54, 1.807) is 18.2 Å². The Morgan fingerprint density at radius 2 is 2.26 bits per heavy atom. The van der Waals surface area contributed by atoms with Gasteiger partial charge in [-0.15, -0.1) is 0 Å². The summed E-state index contributed by atoms with van der Waals surface area (Å²) < 4.78 is 10.7. The lowest BCUT2D eigenvalue weighted by atomic mass is 10.2. The third-order valence-electron chi connectivity index (χ3n) is 2.94. The summed E-state index contributed by atoms with van der Waals surface area (Å²) in [7, 11) is 1.52. The van der Waals surface area contributed by atoms with Gasteiger partial charge < -0.3 is 19.9 Å². The summed E-state index contributed by atoms with van der Waals surface area (Å²) in [4.78, 5) is 0. The largest absolute Gasteiger partial charge is 0.493 e. The maximum atomic E-state index is 9.77. The van der Waals surface area contributed by atoms with Crippen molar-refractivity contribution in [2.24, 2.45) is 0 Å². The summed E-state index contributed by atoms with van der Waals surface area (Å²) in [5.74, 6) is 1.04. The standard InChI is InChI=1S/C14H18N2O3/c1-18-14-6-10(7-15)2-5-13(14)19-9-12(17)8-16-11-3-4-11/h2,5-6,11-12,16-17H,3-4,8-9H2,1H3. The molecule has 1 aliphatic rings. The predicted octanol–water partition coefficient (Wildman–Crippen LogP) is 1.06. The summed E-state index contributed by atoms with van der Waals surface area (Å²) in [5.41, 5.74) is 0.514. The molecule has 0 aromatic heterocycles. The number of rotatable bonds is 7. The van der Waals surface area contributed by atoms with Gasteiger partial charge in [-0.3, -0.25) is 0 Å². The molecule has 5 heteroatoms. The number of nitrogens with one attached hydrogen (secondary N) is 1. The number of methoxy groups -OCH3 is 1. The van der Waals surface area contributed by atoms with Crippen molar-refractivity contribution >= 4 is 0 Å². The molecule has 1 unspecified atom stereocenters. The van der Waals surface area contributed by atoms with Gasteiger partial charge in [0.15, 0.2) is 11.5 Å². The van der Waals surface area contributed by atoms with Crippen LogP contribution >= 0.6 is 0 Å². The Morgan fingerprint density at radius 1 is 1.47 bits per heavy atom. The van der Waals surface area contributed by atoms with Crippen molar-refractivity contribution in [1.82, 2.24) is 5.32 Å². The zero-order chi connectivity index (χ0) is 13.7. The quantitative estimate of drug-likeness (QED) is 0.768. The average molecular weight is 262 g/mol. The number of aliphatic hydroxyl groups excluding tert-OH is 1. The Morgan fingerprint density at radius 3 is 2.89 bits per heavy atom. The Bertz CT molecular complexity index is 466. The highest BCUT2D eigenvalue weighted by atomic mass is 16.5. The maximum Gasteiger partial charge on any atom is 0.162 e. The Balaban J connectivity index is 1.85. The van der Waals surface area contributed by atoms with Gasteiger partial charge in [-0.25, -0.2) is 0 Å². The van der Waals surface area contributed by atoms with E-state index in [-0.39, 0.29) is 6.61 Å². The van der Waals surface area contributed by atoms with Crippen molar-refractivity contribution in [1.29, 1.82) is 5.26 Å². The molecule has 0 saturated heterocycles.